The number of aryl methyl sites for hydroxylation is 1. The predicted molar refractivity (Wildman–Crippen MR) is 70.0 cm³/mol. The van der Waals surface area contributed by atoms with Crippen molar-refractivity contribution in [2.45, 2.75) is 26.4 Å². The van der Waals surface area contributed by atoms with Gasteiger partial charge in [-0.25, -0.2) is 4.98 Å². The lowest BCUT2D eigenvalue weighted by Crippen LogP contribution is -2.18. The van der Waals surface area contributed by atoms with Crippen LogP contribution in [-0.4, -0.2) is 9.97 Å². The maximum Gasteiger partial charge on any atom is 0.103 e. The smallest absolute Gasteiger partial charge is 0.103 e. The first-order valence-corrected chi connectivity index (χ1v) is 6.02. The fourth-order valence-electron chi connectivity index (χ4n) is 1.69. The molecule has 90 valence electrons. The van der Waals surface area contributed by atoms with Crippen LogP contribution >= 0.6 is 11.6 Å². The summed E-state index contributed by atoms with van der Waals surface area (Å²) in [6.07, 6.45) is 1.86. The van der Waals surface area contributed by atoms with Crippen molar-refractivity contribution in [2.75, 3.05) is 0 Å². The average molecular weight is 250 g/mol. The first-order chi connectivity index (χ1) is 8.15. The summed E-state index contributed by atoms with van der Waals surface area (Å²) in [5.41, 5.74) is 2.33. The Morgan fingerprint density at radius 1 is 1.35 bits per heavy atom. The van der Waals surface area contributed by atoms with Crippen molar-refractivity contribution in [3.63, 3.8) is 0 Å². The van der Waals surface area contributed by atoms with E-state index in [-0.39, 0.29) is 6.04 Å². The van der Waals surface area contributed by atoms with Crippen molar-refractivity contribution in [1.82, 2.24) is 15.3 Å². The number of rotatable bonds is 4. The molecule has 0 aliphatic rings. The molecule has 0 radical (unpaired) electrons. The van der Waals surface area contributed by atoms with Crippen molar-refractivity contribution in [3.8, 4) is 0 Å². The highest BCUT2D eigenvalue weighted by Gasteiger charge is 2.05. The molecule has 2 aromatic rings. The Morgan fingerprint density at radius 2 is 2.06 bits per heavy atom. The quantitative estimate of drug-likeness (QED) is 0.874. The molecule has 0 aliphatic heterocycles. The predicted octanol–water partition coefficient (Wildman–Crippen LogP) is 3.22. The van der Waals surface area contributed by atoms with Gasteiger partial charge in [0.1, 0.15) is 5.82 Å². The van der Waals surface area contributed by atoms with E-state index in [1.54, 1.807) is 0 Å². The van der Waals surface area contributed by atoms with E-state index in [0.29, 0.717) is 0 Å². The molecule has 1 aromatic heterocycles. The molecule has 0 aliphatic carbocycles. The van der Waals surface area contributed by atoms with Gasteiger partial charge in [0.15, 0.2) is 0 Å². The summed E-state index contributed by atoms with van der Waals surface area (Å²) in [7, 11) is 0. The molecule has 1 aromatic carbocycles. The van der Waals surface area contributed by atoms with Gasteiger partial charge in [-0.15, -0.1) is 0 Å². The molecule has 3 nitrogen and oxygen atoms in total. The van der Waals surface area contributed by atoms with Crippen LogP contribution in [0.2, 0.25) is 5.02 Å². The third kappa shape index (κ3) is 3.32. The summed E-state index contributed by atoms with van der Waals surface area (Å²) in [5, 5.41) is 4.20. The third-order valence-corrected chi connectivity index (χ3v) is 2.98. The average Bonchev–Trinajstić information content (AvgIpc) is 2.73. The highest BCUT2D eigenvalue weighted by atomic mass is 35.5. The zero-order chi connectivity index (χ0) is 12.3. The molecular weight excluding hydrogens is 234 g/mol. The lowest BCUT2D eigenvalue weighted by atomic mass is 10.1. The van der Waals surface area contributed by atoms with Crippen molar-refractivity contribution in [1.29, 1.82) is 0 Å². The van der Waals surface area contributed by atoms with E-state index < -0.39 is 0 Å². The van der Waals surface area contributed by atoms with Gasteiger partial charge < -0.3 is 10.3 Å². The first-order valence-electron chi connectivity index (χ1n) is 5.64. The Labute approximate surface area is 106 Å². The van der Waals surface area contributed by atoms with Gasteiger partial charge in [-0.05, 0) is 31.5 Å². The largest absolute Gasteiger partial charge is 0.345 e. The van der Waals surface area contributed by atoms with Crippen LogP contribution in [-0.2, 0) is 6.54 Å². The standard InChI is InChI=1S/C13H16ClN3/c1-9(11-3-5-12(14)6-4-11)15-7-13-8-16-10(2)17-13/h3-6,8-9,15H,7H2,1-2H3,(H,16,17)/t9-/m0/s1. The van der Waals surface area contributed by atoms with Crippen LogP contribution in [0, 0.1) is 6.92 Å². The number of imidazole rings is 1. The minimum absolute atomic E-state index is 0.288. The van der Waals surface area contributed by atoms with Gasteiger partial charge in [-0.1, -0.05) is 23.7 Å². The van der Waals surface area contributed by atoms with Crippen LogP contribution in [0.15, 0.2) is 30.5 Å². The lowest BCUT2D eigenvalue weighted by Gasteiger charge is -2.13. The fourth-order valence-corrected chi connectivity index (χ4v) is 1.82. The summed E-state index contributed by atoms with van der Waals surface area (Å²) < 4.78 is 0. The molecule has 1 atom stereocenters. The molecule has 0 unspecified atom stereocenters. The van der Waals surface area contributed by atoms with E-state index in [1.807, 2.05) is 37.4 Å². The second-order valence-corrected chi connectivity index (χ2v) is 4.58. The first kappa shape index (κ1) is 12.1. The zero-order valence-electron chi connectivity index (χ0n) is 10.00. The van der Waals surface area contributed by atoms with Crippen LogP contribution in [0.25, 0.3) is 0 Å². The SMILES string of the molecule is Cc1ncc(CN[C@@H](C)c2ccc(Cl)cc2)[nH]1. The molecule has 4 heteroatoms. The fraction of sp³-hybridized carbons (Fsp3) is 0.308. The maximum atomic E-state index is 5.86. The number of halogens is 1. The maximum absolute atomic E-state index is 5.86. The summed E-state index contributed by atoms with van der Waals surface area (Å²) in [6.45, 7) is 4.86. The molecule has 0 amide bonds. The Morgan fingerprint density at radius 3 is 2.65 bits per heavy atom. The van der Waals surface area contributed by atoms with Gasteiger partial charge in [0, 0.05) is 29.5 Å². The second-order valence-electron chi connectivity index (χ2n) is 4.15. The van der Waals surface area contributed by atoms with E-state index in [9.17, 15) is 0 Å². The van der Waals surface area contributed by atoms with Gasteiger partial charge >= 0.3 is 0 Å². The highest BCUT2D eigenvalue weighted by molar-refractivity contribution is 6.30. The number of H-pyrrole nitrogens is 1. The minimum Gasteiger partial charge on any atom is -0.345 e. The molecule has 2 N–H and O–H groups in total. The van der Waals surface area contributed by atoms with Crippen LogP contribution < -0.4 is 5.32 Å². The number of hydrogen-bond acceptors (Lipinski definition) is 2. The second kappa shape index (κ2) is 5.34. The van der Waals surface area contributed by atoms with E-state index in [1.165, 1.54) is 5.56 Å². The normalized spacial score (nSPS) is 12.6. The number of benzene rings is 1. The van der Waals surface area contributed by atoms with Crippen molar-refractivity contribution >= 4 is 11.6 Å². The van der Waals surface area contributed by atoms with Crippen LogP contribution in [0.1, 0.15) is 30.0 Å². The number of aromatic nitrogens is 2. The molecule has 0 bridgehead atoms. The van der Waals surface area contributed by atoms with E-state index >= 15 is 0 Å². The number of nitrogens with zero attached hydrogens (tertiary/aromatic N) is 1. The topological polar surface area (TPSA) is 40.7 Å². The molecular formula is C13H16ClN3. The van der Waals surface area contributed by atoms with Crippen LogP contribution in [0.4, 0.5) is 0 Å². The third-order valence-electron chi connectivity index (χ3n) is 2.72. The van der Waals surface area contributed by atoms with E-state index in [0.717, 1.165) is 23.1 Å². The Bertz CT molecular complexity index is 476. The zero-order valence-corrected chi connectivity index (χ0v) is 10.8. The molecule has 1 heterocycles. The summed E-state index contributed by atoms with van der Waals surface area (Å²) in [6, 6.07) is 8.19. The number of nitrogens with one attached hydrogen (secondary N) is 2. The van der Waals surface area contributed by atoms with Gasteiger partial charge in [0.05, 0.1) is 0 Å². The number of aromatic amines is 1. The molecule has 2 rings (SSSR count). The Kier molecular flexibility index (Phi) is 3.82. The monoisotopic (exact) mass is 249 g/mol. The van der Waals surface area contributed by atoms with Crippen molar-refractivity contribution < 1.29 is 0 Å². The summed E-state index contributed by atoms with van der Waals surface area (Å²) in [5.74, 6) is 0.945. The molecule has 0 saturated heterocycles. The Balaban J connectivity index is 1.93. The molecule has 0 spiro atoms. The highest BCUT2D eigenvalue weighted by Crippen LogP contribution is 2.16. The van der Waals surface area contributed by atoms with Gasteiger partial charge in [0.25, 0.3) is 0 Å². The summed E-state index contributed by atoms with van der Waals surface area (Å²) in [4.78, 5) is 7.36. The molecule has 0 fully saturated rings. The van der Waals surface area contributed by atoms with E-state index in [4.69, 9.17) is 11.6 Å². The number of hydrogen-bond donors (Lipinski definition) is 2. The lowest BCUT2D eigenvalue weighted by molar-refractivity contribution is 0.568. The van der Waals surface area contributed by atoms with Gasteiger partial charge in [-0.2, -0.15) is 0 Å². The molecule has 0 saturated carbocycles. The van der Waals surface area contributed by atoms with Crippen molar-refractivity contribution in [3.05, 3.63) is 52.6 Å². The summed E-state index contributed by atoms with van der Waals surface area (Å²) >= 11 is 5.86. The van der Waals surface area contributed by atoms with E-state index in [2.05, 4.69) is 22.2 Å². The Hall–Kier alpha value is -1.32. The van der Waals surface area contributed by atoms with Crippen LogP contribution in [0.3, 0.4) is 0 Å². The van der Waals surface area contributed by atoms with Gasteiger partial charge in [0.2, 0.25) is 0 Å². The van der Waals surface area contributed by atoms with Crippen LogP contribution in [0.5, 0.6) is 0 Å². The van der Waals surface area contributed by atoms with Crippen molar-refractivity contribution in [2.24, 2.45) is 0 Å². The molecule has 17 heavy (non-hydrogen) atoms. The minimum atomic E-state index is 0.288. The van der Waals surface area contributed by atoms with Gasteiger partial charge in [-0.3, -0.25) is 0 Å².